The normalized spacial score (nSPS) is 19.4. The summed E-state index contributed by atoms with van der Waals surface area (Å²) in [7, 11) is 0. The van der Waals surface area contributed by atoms with Gasteiger partial charge in [-0.15, -0.1) is 0 Å². The largest absolute Gasteiger partial charge is 0.481 e. The number of aryl methyl sites for hydroxylation is 1. The van der Waals surface area contributed by atoms with E-state index in [0.29, 0.717) is 51.8 Å². The second-order valence-corrected chi connectivity index (χ2v) is 15.4. The Morgan fingerprint density at radius 2 is 1.67 bits per heavy atom. The molecule has 3 aliphatic rings. The molecule has 17 heteroatoms. The minimum atomic E-state index is -2.04. The molecule has 0 bridgehead atoms. The van der Waals surface area contributed by atoms with Crippen molar-refractivity contribution in [1.82, 2.24) is 30.8 Å². The number of benzene rings is 1. The fourth-order valence-electron chi connectivity index (χ4n) is 7.95. The molecule has 57 heavy (non-hydrogen) atoms. The smallest absolute Gasteiger partial charge is 0.343 e. The number of aliphatic carboxylic acids is 1. The summed E-state index contributed by atoms with van der Waals surface area (Å²) in [4.78, 5) is 94.7. The summed E-state index contributed by atoms with van der Waals surface area (Å²) >= 11 is 0. The highest BCUT2D eigenvalue weighted by atomic mass is 19.1. The zero-order valence-electron chi connectivity index (χ0n) is 32.6. The summed E-state index contributed by atoms with van der Waals surface area (Å²) in [5.41, 5.74) is 1.21. The van der Waals surface area contributed by atoms with Crippen LogP contribution in [0.1, 0.15) is 106 Å². The van der Waals surface area contributed by atoms with Crippen LogP contribution in [0.2, 0.25) is 0 Å². The predicted octanol–water partition coefficient (Wildman–Crippen LogP) is 2.04. The molecule has 0 radical (unpaired) electrons. The van der Waals surface area contributed by atoms with E-state index in [-0.39, 0.29) is 55.9 Å². The van der Waals surface area contributed by atoms with Gasteiger partial charge in [0.05, 0.1) is 35.1 Å². The Morgan fingerprint density at radius 1 is 0.982 bits per heavy atom. The van der Waals surface area contributed by atoms with Crippen molar-refractivity contribution in [2.75, 3.05) is 0 Å². The number of aliphatic hydroxyl groups is 1. The number of ether oxygens (including phenoxy) is 1. The number of carbonyl (C=O) groups is 6. The molecular weight excluding hydrogens is 743 g/mol. The molecule has 6 rings (SSSR count). The van der Waals surface area contributed by atoms with Crippen molar-refractivity contribution in [3.63, 3.8) is 0 Å². The summed E-state index contributed by atoms with van der Waals surface area (Å²) in [6.07, 6.45) is 0.544. The first-order chi connectivity index (χ1) is 26.9. The van der Waals surface area contributed by atoms with Crippen molar-refractivity contribution >= 4 is 46.5 Å². The number of carbonyl (C=O) groups excluding carboxylic acids is 5. The molecular formula is C40H47FN6O10. The Morgan fingerprint density at radius 3 is 2.33 bits per heavy atom. The van der Waals surface area contributed by atoms with Gasteiger partial charge in [0.1, 0.15) is 30.5 Å². The van der Waals surface area contributed by atoms with Crippen molar-refractivity contribution in [3.05, 3.63) is 61.7 Å². The highest BCUT2D eigenvalue weighted by Gasteiger charge is 2.46. The lowest BCUT2D eigenvalue weighted by Gasteiger charge is -2.31. The van der Waals surface area contributed by atoms with Crippen LogP contribution >= 0.6 is 0 Å². The Bertz CT molecular complexity index is 2290. The average molecular weight is 791 g/mol. The summed E-state index contributed by atoms with van der Waals surface area (Å²) in [6.45, 7) is 9.36. The molecule has 4 amide bonds. The van der Waals surface area contributed by atoms with Crippen LogP contribution in [0.5, 0.6) is 0 Å². The van der Waals surface area contributed by atoms with Crippen LogP contribution in [0.25, 0.3) is 22.3 Å². The third-order valence-corrected chi connectivity index (χ3v) is 11.3. The first kappa shape index (κ1) is 40.9. The first-order valence-corrected chi connectivity index (χ1v) is 19.1. The second-order valence-electron chi connectivity index (χ2n) is 15.4. The number of esters is 1. The molecule has 1 aliphatic carbocycles. The third kappa shape index (κ3) is 7.47. The fraction of sp³-hybridized carbons (Fsp3) is 0.500. The average Bonchev–Trinajstić information content (AvgIpc) is 3.52. The molecule has 2 aromatic heterocycles. The fourth-order valence-corrected chi connectivity index (χ4v) is 7.95. The number of hydrogen-bond donors (Lipinski definition) is 6. The van der Waals surface area contributed by atoms with E-state index in [1.807, 2.05) is 0 Å². The molecule has 3 aromatic rings. The molecule has 1 aromatic carbocycles. The van der Waals surface area contributed by atoms with Crippen LogP contribution in [-0.2, 0) is 58.7 Å². The zero-order chi connectivity index (χ0) is 41.7. The van der Waals surface area contributed by atoms with Gasteiger partial charge in [-0.05, 0) is 75.1 Å². The van der Waals surface area contributed by atoms with E-state index in [9.17, 15) is 38.7 Å². The summed E-state index contributed by atoms with van der Waals surface area (Å²) in [5, 5.41) is 31.6. The van der Waals surface area contributed by atoms with Gasteiger partial charge < -0.3 is 40.8 Å². The van der Waals surface area contributed by atoms with E-state index in [0.717, 1.165) is 5.56 Å². The summed E-state index contributed by atoms with van der Waals surface area (Å²) in [6, 6.07) is -0.942. The number of carboxylic acids is 1. The number of halogens is 1. The number of nitrogens with one attached hydrogen (secondary N) is 4. The lowest BCUT2D eigenvalue weighted by molar-refractivity contribution is -0.172. The van der Waals surface area contributed by atoms with Gasteiger partial charge in [0, 0.05) is 35.4 Å². The van der Waals surface area contributed by atoms with Crippen LogP contribution in [0, 0.1) is 18.7 Å². The Labute approximate surface area is 326 Å². The molecule has 5 atom stereocenters. The Kier molecular flexibility index (Phi) is 11.3. The molecule has 0 fully saturated rings. The standard InChI is InChI=1S/C40H47FN6O10/c1-7-40(56)24-13-28-34-22(15-47(28)38(54)23(24)16-57-39(40)55)32-26(12-11-21-18(4)25(41)14-27(44-34)31(21)32)45-36(52)20(6)42-35(51)19(5)43-37(53)33(17(2)3)46-29(48)9-8-10-30(49)50/h13-14,17,19-20,26,33,56H,7-12,15-16H2,1-6H3,(H,42,51)(H,43,53)(H,45,52)(H,46,48)(H,49,50)/t19-,20-,26-,33-,40-/m0/s1. The van der Waals surface area contributed by atoms with Crippen molar-refractivity contribution in [3.8, 4) is 11.4 Å². The van der Waals surface area contributed by atoms with E-state index >= 15 is 4.39 Å². The molecule has 0 unspecified atom stereocenters. The van der Waals surface area contributed by atoms with Crippen molar-refractivity contribution in [2.45, 2.75) is 123 Å². The molecule has 2 aliphatic heterocycles. The van der Waals surface area contributed by atoms with Gasteiger partial charge in [0.15, 0.2) is 5.60 Å². The zero-order valence-corrected chi connectivity index (χ0v) is 32.6. The van der Waals surface area contributed by atoms with E-state index in [2.05, 4.69) is 21.3 Å². The Hall–Kier alpha value is -5.71. The minimum absolute atomic E-state index is 0.0406. The SMILES string of the molecule is CC[C@@]1(O)C(=O)OCc2c1cc1n(c2=O)Cc2c-1nc1cc(F)c(C)c3c1c2[C@@H](NC(=O)[C@H](C)NC(=O)[C@H](C)NC(=O)[C@@H](NC(=O)CCCC(=O)O)C(C)C)CC3. The molecule has 4 heterocycles. The highest BCUT2D eigenvalue weighted by Crippen LogP contribution is 2.46. The van der Waals surface area contributed by atoms with Crippen LogP contribution in [0.3, 0.4) is 0 Å². The van der Waals surface area contributed by atoms with Gasteiger partial charge >= 0.3 is 11.9 Å². The van der Waals surface area contributed by atoms with E-state index in [1.54, 1.807) is 33.8 Å². The van der Waals surface area contributed by atoms with E-state index in [4.69, 9.17) is 14.8 Å². The van der Waals surface area contributed by atoms with Gasteiger partial charge in [-0.1, -0.05) is 20.8 Å². The molecule has 304 valence electrons. The maximum Gasteiger partial charge on any atom is 0.343 e. The molecule has 0 spiro atoms. The quantitative estimate of drug-likeness (QED) is 0.107. The number of aromatic nitrogens is 2. The minimum Gasteiger partial charge on any atom is -0.481 e. The van der Waals surface area contributed by atoms with Crippen molar-refractivity contribution in [2.24, 2.45) is 5.92 Å². The van der Waals surface area contributed by atoms with Gasteiger partial charge in [-0.25, -0.2) is 14.2 Å². The number of nitrogens with zero attached hydrogens (tertiary/aromatic N) is 2. The van der Waals surface area contributed by atoms with E-state index < -0.39 is 76.7 Å². The molecule has 16 nitrogen and oxygen atoms in total. The highest BCUT2D eigenvalue weighted by molar-refractivity contribution is 5.96. The van der Waals surface area contributed by atoms with Crippen molar-refractivity contribution < 1.29 is 48.1 Å². The molecule has 0 saturated carbocycles. The number of amides is 4. The van der Waals surface area contributed by atoms with Gasteiger partial charge in [0.2, 0.25) is 23.6 Å². The van der Waals surface area contributed by atoms with Gasteiger partial charge in [-0.2, -0.15) is 0 Å². The van der Waals surface area contributed by atoms with Crippen LogP contribution in [-0.4, -0.2) is 73.5 Å². The van der Waals surface area contributed by atoms with Crippen LogP contribution in [0.4, 0.5) is 4.39 Å². The van der Waals surface area contributed by atoms with Crippen molar-refractivity contribution in [1.29, 1.82) is 0 Å². The summed E-state index contributed by atoms with van der Waals surface area (Å²) < 4.78 is 22.0. The first-order valence-electron chi connectivity index (χ1n) is 19.1. The number of rotatable bonds is 13. The number of cyclic esters (lactones) is 1. The maximum atomic E-state index is 15.3. The predicted molar refractivity (Wildman–Crippen MR) is 202 cm³/mol. The van der Waals surface area contributed by atoms with Gasteiger partial charge in [-0.3, -0.25) is 28.8 Å². The Balaban J connectivity index is 1.23. The lowest BCUT2D eigenvalue weighted by Crippen LogP contribution is -2.56. The number of fused-ring (bicyclic) bond motifs is 5. The molecule has 0 saturated heterocycles. The van der Waals surface area contributed by atoms with Crippen LogP contribution < -0.4 is 26.8 Å². The number of pyridine rings is 2. The monoisotopic (exact) mass is 790 g/mol. The number of hydrogen-bond acceptors (Lipinski definition) is 10. The van der Waals surface area contributed by atoms with Crippen LogP contribution in [0.15, 0.2) is 16.9 Å². The van der Waals surface area contributed by atoms with E-state index in [1.165, 1.54) is 24.5 Å². The third-order valence-electron chi connectivity index (χ3n) is 11.3. The lowest BCUT2D eigenvalue weighted by atomic mass is 9.81. The summed E-state index contributed by atoms with van der Waals surface area (Å²) in [5.74, 6) is -5.06. The van der Waals surface area contributed by atoms with Gasteiger partial charge in [0.25, 0.3) is 5.56 Å². The topological polar surface area (TPSA) is 235 Å². The number of carboxylic acid groups (broad SMARTS) is 1. The second kappa shape index (κ2) is 15.7. The molecule has 6 N–H and O–H groups in total. The maximum absolute atomic E-state index is 15.3.